The molecule has 0 aliphatic heterocycles. The monoisotopic (exact) mass is 347 g/mol. The van der Waals surface area contributed by atoms with Crippen LogP contribution in [-0.2, 0) is 0 Å². The van der Waals surface area contributed by atoms with E-state index < -0.39 is 0 Å². The number of ether oxygens (including phenoxy) is 1. The van der Waals surface area contributed by atoms with E-state index in [-0.39, 0.29) is 6.04 Å². The van der Waals surface area contributed by atoms with E-state index in [1.165, 1.54) is 11.1 Å². The van der Waals surface area contributed by atoms with E-state index >= 15 is 0 Å². The zero-order chi connectivity index (χ0) is 15.6. The van der Waals surface area contributed by atoms with Gasteiger partial charge in [-0.2, -0.15) is 0 Å². The third kappa shape index (κ3) is 3.47. The van der Waals surface area contributed by atoms with Gasteiger partial charge < -0.3 is 10.1 Å². The standard InChI is InChI=1S/C18H22BrNO/c1-11-6-7-12(2)18(13(11)3)21-17-10-15(19)8-9-16(17)14(4)20-5/h6-10,14,20H,1-5H3. The molecule has 0 aromatic heterocycles. The zero-order valence-electron chi connectivity index (χ0n) is 13.3. The van der Waals surface area contributed by atoms with E-state index in [1.54, 1.807) is 0 Å². The minimum absolute atomic E-state index is 0.235. The highest BCUT2D eigenvalue weighted by Gasteiger charge is 2.14. The lowest BCUT2D eigenvalue weighted by Gasteiger charge is -2.19. The highest BCUT2D eigenvalue weighted by atomic mass is 79.9. The lowest BCUT2D eigenvalue weighted by atomic mass is 10.0. The van der Waals surface area contributed by atoms with E-state index in [0.29, 0.717) is 0 Å². The fraction of sp³-hybridized carbons (Fsp3) is 0.333. The Bertz CT molecular complexity index is 652. The molecule has 0 saturated carbocycles. The predicted octanol–water partition coefficient (Wildman–Crippen LogP) is 5.45. The molecule has 0 aliphatic carbocycles. The lowest BCUT2D eigenvalue weighted by molar-refractivity contribution is 0.459. The second kappa shape index (κ2) is 6.63. The molecule has 1 N–H and O–H groups in total. The highest BCUT2D eigenvalue weighted by molar-refractivity contribution is 9.10. The van der Waals surface area contributed by atoms with E-state index in [4.69, 9.17) is 4.74 Å². The van der Waals surface area contributed by atoms with E-state index in [0.717, 1.165) is 27.1 Å². The molecule has 0 aliphatic rings. The average molecular weight is 348 g/mol. The minimum atomic E-state index is 0.235. The van der Waals surface area contributed by atoms with Gasteiger partial charge in [0.05, 0.1) is 0 Å². The van der Waals surface area contributed by atoms with Gasteiger partial charge >= 0.3 is 0 Å². The van der Waals surface area contributed by atoms with Crippen LogP contribution in [0.4, 0.5) is 0 Å². The van der Waals surface area contributed by atoms with Crippen molar-refractivity contribution in [3.8, 4) is 11.5 Å². The summed E-state index contributed by atoms with van der Waals surface area (Å²) in [7, 11) is 1.96. The summed E-state index contributed by atoms with van der Waals surface area (Å²) >= 11 is 3.53. The SMILES string of the molecule is CNC(C)c1ccc(Br)cc1Oc1c(C)ccc(C)c1C. The summed E-state index contributed by atoms with van der Waals surface area (Å²) in [5, 5.41) is 3.27. The van der Waals surface area contributed by atoms with E-state index in [9.17, 15) is 0 Å². The quantitative estimate of drug-likeness (QED) is 0.794. The molecule has 0 fully saturated rings. The van der Waals surface area contributed by atoms with Crippen LogP contribution in [0.5, 0.6) is 11.5 Å². The van der Waals surface area contributed by atoms with E-state index in [2.05, 4.69) is 67.1 Å². The second-order valence-electron chi connectivity index (χ2n) is 5.45. The number of hydrogen-bond donors (Lipinski definition) is 1. The van der Waals surface area contributed by atoms with Crippen molar-refractivity contribution in [2.24, 2.45) is 0 Å². The second-order valence-corrected chi connectivity index (χ2v) is 6.36. The molecule has 0 amide bonds. The van der Waals surface area contributed by atoms with Gasteiger partial charge in [0.2, 0.25) is 0 Å². The minimum Gasteiger partial charge on any atom is -0.456 e. The number of hydrogen-bond acceptors (Lipinski definition) is 2. The zero-order valence-corrected chi connectivity index (χ0v) is 14.8. The lowest BCUT2D eigenvalue weighted by Crippen LogP contribution is -2.13. The molecular formula is C18H22BrNO. The van der Waals surface area contributed by atoms with Crippen LogP contribution in [0.1, 0.15) is 35.2 Å². The van der Waals surface area contributed by atoms with Crippen molar-refractivity contribution in [3.05, 3.63) is 57.1 Å². The molecule has 0 bridgehead atoms. The molecule has 1 atom stereocenters. The van der Waals surface area contributed by atoms with Crippen molar-refractivity contribution >= 4 is 15.9 Å². The molecule has 2 nitrogen and oxygen atoms in total. The molecule has 0 heterocycles. The van der Waals surface area contributed by atoms with Gasteiger partial charge in [-0.1, -0.05) is 34.1 Å². The molecule has 2 rings (SSSR count). The summed E-state index contributed by atoms with van der Waals surface area (Å²) < 4.78 is 7.31. The maximum atomic E-state index is 6.29. The van der Waals surface area contributed by atoms with Crippen LogP contribution in [0.3, 0.4) is 0 Å². The summed E-state index contributed by atoms with van der Waals surface area (Å²) in [5.74, 6) is 1.85. The van der Waals surface area contributed by atoms with Crippen molar-refractivity contribution in [3.63, 3.8) is 0 Å². The number of rotatable bonds is 4. The summed E-state index contributed by atoms with van der Waals surface area (Å²) in [6.07, 6.45) is 0. The maximum absolute atomic E-state index is 6.29. The first-order chi connectivity index (χ1) is 9.93. The molecule has 21 heavy (non-hydrogen) atoms. The molecule has 112 valence electrons. The normalized spacial score (nSPS) is 12.3. The molecule has 0 spiro atoms. The van der Waals surface area contributed by atoms with Gasteiger partial charge in [-0.25, -0.2) is 0 Å². The highest BCUT2D eigenvalue weighted by Crippen LogP contribution is 2.36. The Morgan fingerprint density at radius 1 is 1.05 bits per heavy atom. The fourth-order valence-corrected chi connectivity index (χ4v) is 2.64. The van der Waals surface area contributed by atoms with Crippen LogP contribution < -0.4 is 10.1 Å². The summed E-state index contributed by atoms with van der Waals surface area (Å²) in [4.78, 5) is 0. The van der Waals surface area contributed by atoms with Gasteiger partial charge in [0, 0.05) is 16.1 Å². The fourth-order valence-electron chi connectivity index (χ4n) is 2.30. The Balaban J connectivity index is 2.49. The van der Waals surface area contributed by atoms with Crippen molar-refractivity contribution in [2.75, 3.05) is 7.05 Å². The predicted molar refractivity (Wildman–Crippen MR) is 92.3 cm³/mol. The molecule has 2 aromatic carbocycles. The van der Waals surface area contributed by atoms with Gasteiger partial charge in [0.25, 0.3) is 0 Å². The molecule has 3 heteroatoms. The molecule has 1 unspecified atom stereocenters. The smallest absolute Gasteiger partial charge is 0.133 e. The number of benzene rings is 2. The first kappa shape index (κ1) is 16.1. The third-order valence-electron chi connectivity index (χ3n) is 3.96. The molecule has 2 aromatic rings. The molecule has 0 saturated heterocycles. The van der Waals surface area contributed by atoms with Crippen molar-refractivity contribution in [1.82, 2.24) is 5.32 Å². The maximum Gasteiger partial charge on any atom is 0.133 e. The van der Waals surface area contributed by atoms with Gasteiger partial charge in [0.15, 0.2) is 0 Å². The topological polar surface area (TPSA) is 21.3 Å². The van der Waals surface area contributed by atoms with Gasteiger partial charge in [-0.3, -0.25) is 0 Å². The van der Waals surface area contributed by atoms with Crippen molar-refractivity contribution in [1.29, 1.82) is 0 Å². The van der Waals surface area contributed by atoms with Gasteiger partial charge in [-0.05, 0) is 63.6 Å². The Kier molecular flexibility index (Phi) is 5.07. The Hall–Kier alpha value is -1.32. The Morgan fingerprint density at radius 3 is 2.38 bits per heavy atom. The van der Waals surface area contributed by atoms with Crippen LogP contribution in [0.15, 0.2) is 34.8 Å². The van der Waals surface area contributed by atoms with Crippen LogP contribution in [0.2, 0.25) is 0 Å². The number of aryl methyl sites for hydroxylation is 2. The van der Waals surface area contributed by atoms with Crippen LogP contribution in [0.25, 0.3) is 0 Å². The van der Waals surface area contributed by atoms with Crippen LogP contribution in [0, 0.1) is 20.8 Å². The first-order valence-corrected chi connectivity index (χ1v) is 7.94. The van der Waals surface area contributed by atoms with Crippen LogP contribution >= 0.6 is 15.9 Å². The summed E-state index contributed by atoms with van der Waals surface area (Å²) in [6, 6.07) is 10.7. The van der Waals surface area contributed by atoms with Gasteiger partial charge in [0.1, 0.15) is 11.5 Å². The first-order valence-electron chi connectivity index (χ1n) is 7.15. The Labute approximate surface area is 135 Å². The van der Waals surface area contributed by atoms with Gasteiger partial charge in [-0.15, -0.1) is 0 Å². The van der Waals surface area contributed by atoms with Crippen molar-refractivity contribution < 1.29 is 4.74 Å². The average Bonchev–Trinajstić information content (AvgIpc) is 2.47. The Morgan fingerprint density at radius 2 is 1.71 bits per heavy atom. The molecule has 0 radical (unpaired) electrons. The van der Waals surface area contributed by atoms with Crippen molar-refractivity contribution in [2.45, 2.75) is 33.7 Å². The van der Waals surface area contributed by atoms with Crippen LogP contribution in [-0.4, -0.2) is 7.05 Å². The third-order valence-corrected chi connectivity index (χ3v) is 4.45. The largest absolute Gasteiger partial charge is 0.456 e. The number of nitrogens with one attached hydrogen (secondary N) is 1. The van der Waals surface area contributed by atoms with E-state index in [1.807, 2.05) is 19.2 Å². The summed E-state index contributed by atoms with van der Waals surface area (Å²) in [6.45, 7) is 8.43. The molecular weight excluding hydrogens is 326 g/mol. The summed E-state index contributed by atoms with van der Waals surface area (Å²) in [5.41, 5.74) is 4.74. The number of halogens is 1.